The van der Waals surface area contributed by atoms with E-state index < -0.39 is 18.1 Å². The molecule has 9 nitrogen and oxygen atoms in total. The van der Waals surface area contributed by atoms with Crippen molar-refractivity contribution in [1.29, 1.82) is 0 Å². The Kier molecular flexibility index (Phi) is 13.1. The van der Waals surface area contributed by atoms with Crippen LogP contribution in [0.5, 0.6) is 0 Å². The summed E-state index contributed by atoms with van der Waals surface area (Å²) >= 11 is 0. The van der Waals surface area contributed by atoms with Gasteiger partial charge < -0.3 is 34.8 Å². The predicted octanol–water partition coefficient (Wildman–Crippen LogP) is 3.62. The van der Waals surface area contributed by atoms with Crippen molar-refractivity contribution in [3.8, 4) is 0 Å². The Morgan fingerprint density at radius 1 is 1.23 bits per heavy atom. The third kappa shape index (κ3) is 9.97. The first-order valence-corrected chi connectivity index (χ1v) is 14.3. The molecule has 2 rings (SSSR count). The SMILES string of the molecule is COC(C(C)O)C(C)[C@H]1O[C@]1(C)CC(C)/C=C/C=C(\C)[C@H]1O[C@@H](CC(=O)NC(CCCO)C(=O)O)CC[C@@H]1C. The lowest BCUT2D eigenvalue weighted by Gasteiger charge is -2.35. The number of aliphatic hydroxyl groups is 2. The van der Waals surface area contributed by atoms with Crippen LogP contribution in [-0.2, 0) is 23.8 Å². The molecule has 0 aliphatic carbocycles. The van der Waals surface area contributed by atoms with Crippen molar-refractivity contribution >= 4 is 11.9 Å². The van der Waals surface area contributed by atoms with Crippen molar-refractivity contribution in [2.45, 2.75) is 122 Å². The van der Waals surface area contributed by atoms with E-state index in [2.05, 4.69) is 51.2 Å². The van der Waals surface area contributed by atoms with Gasteiger partial charge in [-0.1, -0.05) is 39.0 Å². The fourth-order valence-corrected chi connectivity index (χ4v) is 6.03. The molecule has 1 amide bonds. The fourth-order valence-electron chi connectivity index (χ4n) is 6.03. The van der Waals surface area contributed by atoms with Gasteiger partial charge in [0.25, 0.3) is 0 Å². The summed E-state index contributed by atoms with van der Waals surface area (Å²) in [7, 11) is 1.62. The number of ether oxygens (including phenoxy) is 3. The summed E-state index contributed by atoms with van der Waals surface area (Å²) in [6.45, 7) is 12.2. The molecule has 0 aromatic heterocycles. The van der Waals surface area contributed by atoms with E-state index >= 15 is 0 Å². The van der Waals surface area contributed by atoms with Crippen molar-refractivity contribution in [2.75, 3.05) is 13.7 Å². The molecule has 0 bridgehead atoms. The van der Waals surface area contributed by atoms with E-state index in [4.69, 9.17) is 19.3 Å². The molecule has 2 heterocycles. The number of carboxylic acids is 1. The number of carbonyl (C=O) groups excluding carboxylic acids is 1. The number of nitrogens with one attached hydrogen (secondary N) is 1. The van der Waals surface area contributed by atoms with Crippen molar-refractivity contribution < 1.29 is 39.1 Å². The van der Waals surface area contributed by atoms with Crippen molar-refractivity contribution in [2.24, 2.45) is 17.8 Å². The van der Waals surface area contributed by atoms with Gasteiger partial charge in [-0.05, 0) is 70.3 Å². The standard InChI is InChI=1S/C30H51NO8/c1-18(17-30(6)28(39-30)21(4)27(37-7)22(5)33)10-8-11-19(2)26-20(3)13-14-23(38-26)16-25(34)31-24(29(35)36)12-9-15-32/h8,10-11,18,20-24,26-28,32-33H,9,12-17H2,1-7H3,(H,31,34)(H,35,36)/b10-8+,19-11+/t18?,20-,21?,22?,23+,24?,26+,27?,28+,30+/m0/s1. The molecular weight excluding hydrogens is 502 g/mol. The van der Waals surface area contributed by atoms with Crippen LogP contribution in [0, 0.1) is 17.8 Å². The average molecular weight is 554 g/mol. The zero-order chi connectivity index (χ0) is 29.3. The highest BCUT2D eigenvalue weighted by atomic mass is 16.6. The number of hydrogen-bond donors (Lipinski definition) is 4. The summed E-state index contributed by atoms with van der Waals surface area (Å²) in [5.41, 5.74) is 0.850. The van der Waals surface area contributed by atoms with Crippen LogP contribution in [0.3, 0.4) is 0 Å². The van der Waals surface area contributed by atoms with E-state index in [0.717, 1.165) is 24.8 Å². The second kappa shape index (κ2) is 15.3. The van der Waals surface area contributed by atoms with Gasteiger partial charge >= 0.3 is 5.97 Å². The lowest BCUT2D eigenvalue weighted by atomic mass is 9.85. The minimum Gasteiger partial charge on any atom is -0.480 e. The Hall–Kier alpha value is -1.78. The number of rotatable bonds is 16. The third-order valence-electron chi connectivity index (χ3n) is 8.16. The first-order chi connectivity index (χ1) is 18.3. The van der Waals surface area contributed by atoms with Gasteiger partial charge in [-0.15, -0.1) is 0 Å². The minimum absolute atomic E-state index is 0.0521. The molecule has 0 aromatic rings. The van der Waals surface area contributed by atoms with Crippen molar-refractivity contribution in [1.82, 2.24) is 5.32 Å². The topological polar surface area (TPSA) is 138 Å². The average Bonchev–Trinajstić information content (AvgIpc) is 3.52. The molecule has 2 aliphatic rings. The number of methoxy groups -OCH3 is 1. The molecule has 39 heavy (non-hydrogen) atoms. The Bertz CT molecular complexity index is 858. The second-order valence-corrected chi connectivity index (χ2v) is 11.9. The molecule has 0 saturated carbocycles. The van der Waals surface area contributed by atoms with Crippen LogP contribution in [0.15, 0.2) is 23.8 Å². The van der Waals surface area contributed by atoms with Crippen LogP contribution in [0.1, 0.15) is 80.1 Å². The molecule has 2 saturated heterocycles. The van der Waals surface area contributed by atoms with Gasteiger partial charge in [0.1, 0.15) is 6.04 Å². The Balaban J connectivity index is 1.89. The summed E-state index contributed by atoms with van der Waals surface area (Å²) in [5, 5.41) is 30.8. The maximum atomic E-state index is 12.5. The molecule has 0 aromatic carbocycles. The maximum absolute atomic E-state index is 12.5. The number of aliphatic carboxylic acids is 1. The first kappa shape index (κ1) is 33.4. The van der Waals surface area contributed by atoms with E-state index in [1.54, 1.807) is 14.0 Å². The van der Waals surface area contributed by atoms with Crippen molar-refractivity contribution in [3.63, 3.8) is 0 Å². The zero-order valence-electron chi connectivity index (χ0n) is 24.8. The van der Waals surface area contributed by atoms with Gasteiger partial charge in [0, 0.05) is 19.6 Å². The number of carbonyl (C=O) groups is 2. The normalized spacial score (nSPS) is 31.4. The van der Waals surface area contributed by atoms with Crippen LogP contribution >= 0.6 is 0 Å². The van der Waals surface area contributed by atoms with Gasteiger partial charge in [0.15, 0.2) is 0 Å². The van der Waals surface area contributed by atoms with E-state index in [9.17, 15) is 19.8 Å². The monoisotopic (exact) mass is 553 g/mol. The molecule has 2 aliphatic heterocycles. The highest BCUT2D eigenvalue weighted by Crippen LogP contribution is 2.47. The number of amides is 1. The molecule has 2 fully saturated rings. The van der Waals surface area contributed by atoms with Gasteiger partial charge in [0.05, 0.1) is 42.5 Å². The lowest BCUT2D eigenvalue weighted by molar-refractivity contribution is -0.143. The summed E-state index contributed by atoms with van der Waals surface area (Å²) < 4.78 is 17.8. The summed E-state index contributed by atoms with van der Waals surface area (Å²) in [6, 6.07) is -1.00. The van der Waals surface area contributed by atoms with Crippen molar-refractivity contribution in [3.05, 3.63) is 23.8 Å². The number of aliphatic hydroxyl groups excluding tert-OH is 2. The first-order valence-electron chi connectivity index (χ1n) is 14.3. The Morgan fingerprint density at radius 3 is 2.51 bits per heavy atom. The molecule has 10 atom stereocenters. The number of hydrogen-bond acceptors (Lipinski definition) is 7. The molecular formula is C30H51NO8. The lowest BCUT2D eigenvalue weighted by Crippen LogP contribution is -2.43. The van der Waals surface area contributed by atoms with Gasteiger partial charge in [-0.3, -0.25) is 4.79 Å². The maximum Gasteiger partial charge on any atom is 0.326 e. The fraction of sp³-hybridized carbons (Fsp3) is 0.800. The van der Waals surface area contributed by atoms with Crippen LogP contribution in [0.4, 0.5) is 0 Å². The minimum atomic E-state index is -1.10. The second-order valence-electron chi connectivity index (χ2n) is 11.9. The molecule has 4 N–H and O–H groups in total. The summed E-state index contributed by atoms with van der Waals surface area (Å²) in [4.78, 5) is 23.9. The van der Waals surface area contributed by atoms with Gasteiger partial charge in [0.2, 0.25) is 5.91 Å². The predicted molar refractivity (Wildman–Crippen MR) is 149 cm³/mol. The molecule has 0 spiro atoms. The summed E-state index contributed by atoms with van der Waals surface area (Å²) in [6.07, 6.45) is 8.31. The Labute approximate surface area is 234 Å². The number of carboxylic acid groups (broad SMARTS) is 1. The molecule has 224 valence electrons. The number of allylic oxidation sites excluding steroid dienone is 3. The van der Waals surface area contributed by atoms with E-state index in [1.807, 2.05) is 6.92 Å². The third-order valence-corrected chi connectivity index (χ3v) is 8.16. The van der Waals surface area contributed by atoms with E-state index in [0.29, 0.717) is 12.3 Å². The molecule has 5 unspecified atom stereocenters. The Morgan fingerprint density at radius 2 is 1.92 bits per heavy atom. The zero-order valence-corrected chi connectivity index (χ0v) is 24.8. The van der Waals surface area contributed by atoms with E-state index in [-0.39, 0.29) is 67.2 Å². The summed E-state index contributed by atoms with van der Waals surface area (Å²) in [5.74, 6) is -0.750. The smallest absolute Gasteiger partial charge is 0.326 e. The largest absolute Gasteiger partial charge is 0.480 e. The highest BCUT2D eigenvalue weighted by Gasteiger charge is 2.56. The number of epoxide rings is 1. The van der Waals surface area contributed by atoms with Crippen LogP contribution in [0.2, 0.25) is 0 Å². The van der Waals surface area contributed by atoms with Gasteiger partial charge in [-0.25, -0.2) is 4.79 Å². The van der Waals surface area contributed by atoms with Crippen LogP contribution < -0.4 is 5.32 Å². The molecule has 0 radical (unpaired) electrons. The van der Waals surface area contributed by atoms with Gasteiger partial charge in [-0.2, -0.15) is 0 Å². The van der Waals surface area contributed by atoms with Crippen LogP contribution in [-0.4, -0.2) is 83.1 Å². The van der Waals surface area contributed by atoms with Crippen LogP contribution in [0.25, 0.3) is 0 Å². The van der Waals surface area contributed by atoms with E-state index in [1.165, 1.54) is 0 Å². The molecule has 9 heteroatoms. The quantitative estimate of drug-likeness (QED) is 0.168. The highest BCUT2D eigenvalue weighted by molar-refractivity contribution is 5.83.